The molecule has 20 heavy (non-hydrogen) atoms. The summed E-state index contributed by atoms with van der Waals surface area (Å²) in [5.41, 5.74) is 8.96. The van der Waals surface area contributed by atoms with E-state index in [4.69, 9.17) is 18.0 Å². The molecule has 110 valence electrons. The zero-order valence-corrected chi connectivity index (χ0v) is 13.2. The summed E-state index contributed by atoms with van der Waals surface area (Å²) in [6.07, 6.45) is 7.02. The van der Waals surface area contributed by atoms with Gasteiger partial charge in [-0.3, -0.25) is 0 Å². The second-order valence-corrected chi connectivity index (χ2v) is 5.89. The Hall–Kier alpha value is -1.23. The Bertz CT molecular complexity index is 481. The molecular weight excluding hydrogens is 268 g/mol. The SMILES string of the molecule is CCc1nnc(NCC2CCCC2)c(C(N)=S)c1CC. The van der Waals surface area contributed by atoms with Gasteiger partial charge in [0.05, 0.1) is 11.3 Å². The number of nitrogens with one attached hydrogen (secondary N) is 1. The fraction of sp³-hybridized carbons (Fsp3) is 0.667. The number of thiocarbonyl (C=S) groups is 1. The van der Waals surface area contributed by atoms with Crippen molar-refractivity contribution < 1.29 is 0 Å². The minimum atomic E-state index is 0.417. The molecule has 1 aliphatic carbocycles. The van der Waals surface area contributed by atoms with Crippen molar-refractivity contribution in [3.8, 4) is 0 Å². The van der Waals surface area contributed by atoms with Crippen molar-refractivity contribution in [2.75, 3.05) is 11.9 Å². The average Bonchev–Trinajstić information content (AvgIpc) is 2.96. The van der Waals surface area contributed by atoms with E-state index in [-0.39, 0.29) is 0 Å². The first-order chi connectivity index (χ1) is 9.67. The number of anilines is 1. The van der Waals surface area contributed by atoms with E-state index in [1.54, 1.807) is 0 Å². The van der Waals surface area contributed by atoms with E-state index in [1.165, 1.54) is 25.7 Å². The Labute approximate surface area is 126 Å². The van der Waals surface area contributed by atoms with Gasteiger partial charge in [-0.15, -0.1) is 5.10 Å². The predicted octanol–water partition coefficient (Wildman–Crippen LogP) is 2.84. The van der Waals surface area contributed by atoms with Crippen LogP contribution in [0.4, 0.5) is 5.82 Å². The van der Waals surface area contributed by atoms with Gasteiger partial charge < -0.3 is 11.1 Å². The van der Waals surface area contributed by atoms with Gasteiger partial charge >= 0.3 is 0 Å². The summed E-state index contributed by atoms with van der Waals surface area (Å²) in [5, 5.41) is 12.1. The molecule has 0 aliphatic heterocycles. The highest BCUT2D eigenvalue weighted by Crippen LogP contribution is 2.26. The molecule has 0 radical (unpaired) electrons. The Balaban J connectivity index is 2.24. The average molecular weight is 292 g/mol. The number of nitrogens with two attached hydrogens (primary N) is 1. The second-order valence-electron chi connectivity index (χ2n) is 5.45. The third kappa shape index (κ3) is 3.26. The third-order valence-electron chi connectivity index (χ3n) is 4.13. The van der Waals surface area contributed by atoms with Crippen LogP contribution < -0.4 is 11.1 Å². The fourth-order valence-electron chi connectivity index (χ4n) is 3.02. The van der Waals surface area contributed by atoms with Crippen LogP contribution in [0.25, 0.3) is 0 Å². The van der Waals surface area contributed by atoms with Crippen LogP contribution >= 0.6 is 12.2 Å². The smallest absolute Gasteiger partial charge is 0.159 e. The molecule has 3 N–H and O–H groups in total. The van der Waals surface area contributed by atoms with Gasteiger partial charge in [0.1, 0.15) is 4.99 Å². The fourth-order valence-corrected chi connectivity index (χ4v) is 3.24. The van der Waals surface area contributed by atoms with E-state index >= 15 is 0 Å². The van der Waals surface area contributed by atoms with Gasteiger partial charge in [0.2, 0.25) is 0 Å². The molecule has 0 saturated heterocycles. The van der Waals surface area contributed by atoms with E-state index in [9.17, 15) is 0 Å². The molecule has 1 heterocycles. The molecule has 1 aromatic rings. The zero-order chi connectivity index (χ0) is 14.5. The molecule has 0 bridgehead atoms. The van der Waals surface area contributed by atoms with E-state index in [1.807, 2.05) is 0 Å². The number of aryl methyl sites for hydroxylation is 1. The van der Waals surface area contributed by atoms with Crippen molar-refractivity contribution in [2.45, 2.75) is 52.4 Å². The molecule has 0 amide bonds. The Morgan fingerprint density at radius 3 is 2.50 bits per heavy atom. The van der Waals surface area contributed by atoms with Crippen LogP contribution in [0.1, 0.15) is 56.4 Å². The molecule has 1 saturated carbocycles. The summed E-state index contributed by atoms with van der Waals surface area (Å²) in [7, 11) is 0. The van der Waals surface area contributed by atoms with E-state index < -0.39 is 0 Å². The first-order valence-corrected chi connectivity index (χ1v) is 8.00. The lowest BCUT2D eigenvalue weighted by atomic mass is 10.0. The summed E-state index contributed by atoms with van der Waals surface area (Å²) in [5.74, 6) is 1.50. The maximum atomic E-state index is 5.92. The van der Waals surface area contributed by atoms with Gasteiger partial charge in [0, 0.05) is 6.54 Å². The van der Waals surface area contributed by atoms with E-state index in [0.717, 1.165) is 47.9 Å². The van der Waals surface area contributed by atoms with Crippen LogP contribution in [0, 0.1) is 5.92 Å². The summed E-state index contributed by atoms with van der Waals surface area (Å²) in [6.45, 7) is 5.13. The van der Waals surface area contributed by atoms with Crippen molar-refractivity contribution in [2.24, 2.45) is 11.7 Å². The predicted molar refractivity (Wildman–Crippen MR) is 87.1 cm³/mol. The lowest BCUT2D eigenvalue weighted by Gasteiger charge is -2.17. The van der Waals surface area contributed by atoms with Gasteiger partial charge in [-0.2, -0.15) is 5.10 Å². The third-order valence-corrected chi connectivity index (χ3v) is 4.33. The lowest BCUT2D eigenvalue weighted by molar-refractivity contribution is 0.578. The molecule has 0 unspecified atom stereocenters. The first-order valence-electron chi connectivity index (χ1n) is 7.59. The Kier molecular flexibility index (Phi) is 5.29. The van der Waals surface area contributed by atoms with Gasteiger partial charge in [-0.1, -0.05) is 38.9 Å². The summed E-state index contributed by atoms with van der Waals surface area (Å²) in [6, 6.07) is 0. The quantitative estimate of drug-likeness (QED) is 0.789. The number of aromatic nitrogens is 2. The Morgan fingerprint density at radius 2 is 1.95 bits per heavy atom. The van der Waals surface area contributed by atoms with Crippen molar-refractivity contribution in [1.82, 2.24) is 10.2 Å². The monoisotopic (exact) mass is 292 g/mol. The normalized spacial score (nSPS) is 15.5. The maximum Gasteiger partial charge on any atom is 0.159 e. The van der Waals surface area contributed by atoms with Crippen molar-refractivity contribution in [1.29, 1.82) is 0 Å². The van der Waals surface area contributed by atoms with Crippen LogP contribution in [0.3, 0.4) is 0 Å². The molecule has 5 heteroatoms. The topological polar surface area (TPSA) is 63.8 Å². The van der Waals surface area contributed by atoms with Crippen molar-refractivity contribution >= 4 is 23.0 Å². The summed E-state index contributed by atoms with van der Waals surface area (Å²) in [4.78, 5) is 0.417. The largest absolute Gasteiger partial charge is 0.389 e. The van der Waals surface area contributed by atoms with Crippen LogP contribution in [0.2, 0.25) is 0 Å². The molecular formula is C15H24N4S. The molecule has 1 aliphatic rings. The van der Waals surface area contributed by atoms with Crippen LogP contribution in [0.15, 0.2) is 0 Å². The second kappa shape index (κ2) is 6.97. The van der Waals surface area contributed by atoms with Crippen molar-refractivity contribution in [3.05, 3.63) is 16.8 Å². The Morgan fingerprint density at radius 1 is 1.25 bits per heavy atom. The van der Waals surface area contributed by atoms with E-state index in [0.29, 0.717) is 4.99 Å². The number of hydrogen-bond donors (Lipinski definition) is 2. The summed E-state index contributed by atoms with van der Waals surface area (Å²) >= 11 is 5.23. The van der Waals surface area contributed by atoms with Crippen LogP contribution in [-0.2, 0) is 12.8 Å². The molecule has 1 fully saturated rings. The molecule has 0 aromatic carbocycles. The number of hydrogen-bond acceptors (Lipinski definition) is 4. The highest BCUT2D eigenvalue weighted by molar-refractivity contribution is 7.80. The van der Waals surface area contributed by atoms with E-state index in [2.05, 4.69) is 29.4 Å². The number of nitrogens with zero attached hydrogens (tertiary/aromatic N) is 2. The zero-order valence-electron chi connectivity index (χ0n) is 12.4. The molecule has 0 spiro atoms. The minimum Gasteiger partial charge on any atom is -0.389 e. The highest BCUT2D eigenvalue weighted by atomic mass is 32.1. The van der Waals surface area contributed by atoms with Crippen LogP contribution in [-0.4, -0.2) is 21.7 Å². The van der Waals surface area contributed by atoms with Gasteiger partial charge in [0.25, 0.3) is 0 Å². The molecule has 4 nitrogen and oxygen atoms in total. The minimum absolute atomic E-state index is 0.417. The standard InChI is InChI=1S/C15H24N4S/c1-3-11-12(4-2)18-19-15(13(11)14(16)20)17-9-10-7-5-6-8-10/h10H,3-9H2,1-2H3,(H2,16,20)(H,17,19). The maximum absolute atomic E-state index is 5.92. The van der Waals surface area contributed by atoms with Crippen molar-refractivity contribution in [3.63, 3.8) is 0 Å². The molecule has 1 aromatic heterocycles. The first kappa shape index (κ1) is 15.2. The molecule has 0 atom stereocenters. The molecule has 2 rings (SSSR count). The van der Waals surface area contributed by atoms with Gasteiger partial charge in [-0.05, 0) is 37.2 Å². The van der Waals surface area contributed by atoms with Crippen LogP contribution in [0.5, 0.6) is 0 Å². The van der Waals surface area contributed by atoms with Gasteiger partial charge in [-0.25, -0.2) is 0 Å². The lowest BCUT2D eigenvalue weighted by Crippen LogP contribution is -2.21. The van der Waals surface area contributed by atoms with Gasteiger partial charge in [0.15, 0.2) is 5.82 Å². The number of rotatable bonds is 6. The summed E-state index contributed by atoms with van der Waals surface area (Å²) < 4.78 is 0. The highest BCUT2D eigenvalue weighted by Gasteiger charge is 2.19.